The molecule has 3 aromatic heterocycles. The van der Waals surface area contributed by atoms with Crippen molar-refractivity contribution in [1.29, 1.82) is 0 Å². The SMILES string of the molecule is COc1c(-c2ccc(-c3ccncc3)cc2)nc2c(NCCNC(=O)OC(C)(C)C)cncc2c1C(=O)NOC1CCCCO1. The zero-order valence-electron chi connectivity index (χ0n) is 25.9. The molecule has 0 bridgehead atoms. The van der Waals surface area contributed by atoms with Gasteiger partial charge in [0.15, 0.2) is 12.0 Å². The van der Waals surface area contributed by atoms with Crippen molar-refractivity contribution in [3.63, 3.8) is 0 Å². The Bertz CT molecular complexity index is 1620. The molecule has 45 heavy (non-hydrogen) atoms. The van der Waals surface area contributed by atoms with Crippen LogP contribution < -0.4 is 20.9 Å². The van der Waals surface area contributed by atoms with Gasteiger partial charge < -0.3 is 24.8 Å². The number of amides is 2. The minimum Gasteiger partial charge on any atom is -0.494 e. The number of methoxy groups -OCH3 is 1. The molecule has 0 spiro atoms. The summed E-state index contributed by atoms with van der Waals surface area (Å²) in [7, 11) is 1.50. The van der Waals surface area contributed by atoms with Gasteiger partial charge in [-0.15, -0.1) is 0 Å². The van der Waals surface area contributed by atoms with Crippen LogP contribution in [-0.2, 0) is 14.3 Å². The minimum atomic E-state index is -0.600. The van der Waals surface area contributed by atoms with Gasteiger partial charge in [0.1, 0.15) is 11.3 Å². The Hall–Kier alpha value is -4.81. The van der Waals surface area contributed by atoms with Crippen LogP contribution >= 0.6 is 0 Å². The first-order valence-electron chi connectivity index (χ1n) is 14.9. The average molecular weight is 615 g/mol. The lowest BCUT2D eigenvalue weighted by Gasteiger charge is -2.23. The Morgan fingerprint density at radius 3 is 2.38 bits per heavy atom. The van der Waals surface area contributed by atoms with Gasteiger partial charge in [0.05, 0.1) is 30.1 Å². The van der Waals surface area contributed by atoms with E-state index in [1.807, 2.05) is 36.4 Å². The van der Waals surface area contributed by atoms with E-state index in [0.717, 1.165) is 29.5 Å². The zero-order valence-corrected chi connectivity index (χ0v) is 25.9. The molecule has 1 atom stereocenters. The summed E-state index contributed by atoms with van der Waals surface area (Å²) in [6.45, 7) is 6.62. The molecule has 12 heteroatoms. The first-order valence-corrected chi connectivity index (χ1v) is 14.9. The van der Waals surface area contributed by atoms with Gasteiger partial charge in [-0.2, -0.15) is 0 Å². The summed E-state index contributed by atoms with van der Waals surface area (Å²) in [6, 6.07) is 11.7. The summed E-state index contributed by atoms with van der Waals surface area (Å²) in [5.41, 5.74) is 6.48. The third kappa shape index (κ3) is 8.02. The maximum Gasteiger partial charge on any atom is 0.407 e. The second-order valence-electron chi connectivity index (χ2n) is 11.5. The van der Waals surface area contributed by atoms with Gasteiger partial charge in [0, 0.05) is 55.7 Å². The fourth-order valence-electron chi connectivity index (χ4n) is 4.92. The molecule has 5 rings (SSSR count). The van der Waals surface area contributed by atoms with Crippen LogP contribution in [0.1, 0.15) is 50.4 Å². The number of nitrogens with one attached hydrogen (secondary N) is 3. The maximum absolute atomic E-state index is 13.7. The van der Waals surface area contributed by atoms with Crippen molar-refractivity contribution in [2.24, 2.45) is 0 Å². The number of rotatable bonds is 10. The smallest absolute Gasteiger partial charge is 0.407 e. The van der Waals surface area contributed by atoms with Crippen molar-refractivity contribution in [3.05, 3.63) is 66.7 Å². The normalized spacial score (nSPS) is 14.9. The molecule has 1 aliphatic heterocycles. The quantitative estimate of drug-likeness (QED) is 0.155. The van der Waals surface area contributed by atoms with E-state index < -0.39 is 23.9 Å². The molecule has 12 nitrogen and oxygen atoms in total. The number of aromatic nitrogens is 3. The monoisotopic (exact) mass is 614 g/mol. The predicted octanol–water partition coefficient (Wildman–Crippen LogP) is 5.49. The zero-order chi connectivity index (χ0) is 31.8. The van der Waals surface area contributed by atoms with E-state index >= 15 is 0 Å². The third-order valence-corrected chi connectivity index (χ3v) is 6.99. The number of fused-ring (bicyclic) bond motifs is 1. The Balaban J connectivity index is 1.49. The van der Waals surface area contributed by atoms with Crippen molar-refractivity contribution in [1.82, 2.24) is 25.7 Å². The number of hydroxylamine groups is 1. The molecule has 3 N–H and O–H groups in total. The van der Waals surface area contributed by atoms with Gasteiger partial charge >= 0.3 is 6.09 Å². The van der Waals surface area contributed by atoms with E-state index in [1.54, 1.807) is 45.6 Å². The molecule has 0 aliphatic carbocycles. The number of anilines is 1. The predicted molar refractivity (Wildman–Crippen MR) is 170 cm³/mol. The van der Waals surface area contributed by atoms with Crippen molar-refractivity contribution >= 4 is 28.6 Å². The highest BCUT2D eigenvalue weighted by atomic mass is 16.8. The van der Waals surface area contributed by atoms with Crippen molar-refractivity contribution in [2.75, 3.05) is 32.1 Å². The third-order valence-electron chi connectivity index (χ3n) is 6.99. The lowest BCUT2D eigenvalue weighted by atomic mass is 10.00. The fourth-order valence-corrected chi connectivity index (χ4v) is 4.92. The topological polar surface area (TPSA) is 146 Å². The molecule has 1 unspecified atom stereocenters. The van der Waals surface area contributed by atoms with E-state index in [1.165, 1.54) is 7.11 Å². The first-order chi connectivity index (χ1) is 21.7. The highest BCUT2D eigenvalue weighted by Crippen LogP contribution is 2.38. The number of carbonyl (C=O) groups is 2. The van der Waals surface area contributed by atoms with Crippen molar-refractivity contribution in [3.8, 4) is 28.1 Å². The van der Waals surface area contributed by atoms with Crippen LogP contribution in [-0.4, -0.2) is 65.6 Å². The lowest BCUT2D eigenvalue weighted by Crippen LogP contribution is -2.35. The van der Waals surface area contributed by atoms with Gasteiger partial charge in [-0.3, -0.25) is 14.8 Å². The molecule has 4 aromatic rings. The number of benzene rings is 1. The highest BCUT2D eigenvalue weighted by molar-refractivity contribution is 6.12. The molecule has 1 fully saturated rings. The summed E-state index contributed by atoms with van der Waals surface area (Å²) >= 11 is 0. The van der Waals surface area contributed by atoms with Crippen LogP contribution in [0.25, 0.3) is 33.3 Å². The Morgan fingerprint density at radius 2 is 1.69 bits per heavy atom. The van der Waals surface area contributed by atoms with E-state index in [2.05, 4.69) is 26.1 Å². The Morgan fingerprint density at radius 1 is 0.956 bits per heavy atom. The fraction of sp³-hybridized carbons (Fsp3) is 0.364. The van der Waals surface area contributed by atoms with E-state index in [9.17, 15) is 9.59 Å². The largest absolute Gasteiger partial charge is 0.494 e. The van der Waals surface area contributed by atoms with Crippen LogP contribution in [0.3, 0.4) is 0 Å². The number of hydrogen-bond donors (Lipinski definition) is 3. The van der Waals surface area contributed by atoms with E-state index in [-0.39, 0.29) is 17.9 Å². The van der Waals surface area contributed by atoms with Gasteiger partial charge in [0.25, 0.3) is 5.91 Å². The van der Waals surface area contributed by atoms with Crippen molar-refractivity contribution < 1.29 is 28.6 Å². The molecule has 1 aliphatic rings. The molecule has 0 radical (unpaired) electrons. The summed E-state index contributed by atoms with van der Waals surface area (Å²) < 4.78 is 16.8. The molecule has 1 aromatic carbocycles. The Kier molecular flexibility index (Phi) is 10.1. The van der Waals surface area contributed by atoms with Gasteiger partial charge in [0.2, 0.25) is 0 Å². The van der Waals surface area contributed by atoms with Gasteiger partial charge in [-0.05, 0) is 56.9 Å². The van der Waals surface area contributed by atoms with Crippen LogP contribution in [0.2, 0.25) is 0 Å². The molecule has 4 heterocycles. The number of nitrogens with zero attached hydrogens (tertiary/aromatic N) is 3. The average Bonchev–Trinajstić information content (AvgIpc) is 3.05. The summed E-state index contributed by atoms with van der Waals surface area (Å²) in [5.74, 6) is -0.246. The summed E-state index contributed by atoms with van der Waals surface area (Å²) in [4.78, 5) is 44.9. The number of pyridine rings is 3. The second-order valence-corrected chi connectivity index (χ2v) is 11.5. The molecule has 236 valence electrons. The Labute approximate surface area is 261 Å². The summed E-state index contributed by atoms with van der Waals surface area (Å²) in [6.07, 6.45) is 8.21. The number of carbonyl (C=O) groups excluding carboxylic acids is 2. The second kappa shape index (κ2) is 14.3. The van der Waals surface area contributed by atoms with Gasteiger partial charge in [-0.1, -0.05) is 24.3 Å². The summed E-state index contributed by atoms with van der Waals surface area (Å²) in [5, 5.41) is 6.46. The first kappa shape index (κ1) is 31.6. The molecule has 1 saturated heterocycles. The van der Waals surface area contributed by atoms with E-state index in [0.29, 0.717) is 41.9 Å². The number of alkyl carbamates (subject to hydrolysis) is 1. The van der Waals surface area contributed by atoms with Crippen LogP contribution in [0.5, 0.6) is 5.75 Å². The van der Waals surface area contributed by atoms with Crippen molar-refractivity contribution in [2.45, 2.75) is 51.9 Å². The standard InChI is InChI=1S/C33H38N6O6/c1-33(2,3)44-32(41)37-17-16-36-25-20-35-19-24-27(31(40)39-45-26-7-5-6-18-43-26)30(42-4)28(38-29(24)25)23-10-8-21(9-11-23)22-12-14-34-15-13-22/h8-15,19-20,26,36H,5-7,16-18H2,1-4H3,(H,37,41)(H,39,40). The van der Waals surface area contributed by atoms with Crippen LogP contribution in [0, 0.1) is 0 Å². The number of ether oxygens (including phenoxy) is 3. The van der Waals surface area contributed by atoms with Gasteiger partial charge in [-0.25, -0.2) is 20.1 Å². The maximum atomic E-state index is 13.7. The van der Waals surface area contributed by atoms with Crippen LogP contribution in [0.4, 0.5) is 10.5 Å². The lowest BCUT2D eigenvalue weighted by molar-refractivity contribution is -0.186. The molecule has 0 saturated carbocycles. The molecule has 2 amide bonds. The van der Waals surface area contributed by atoms with E-state index in [4.69, 9.17) is 24.0 Å². The number of hydrogen-bond acceptors (Lipinski definition) is 10. The molecular weight excluding hydrogens is 576 g/mol. The minimum absolute atomic E-state index is 0.217. The highest BCUT2D eigenvalue weighted by Gasteiger charge is 2.26. The molecular formula is C33H38N6O6. The van der Waals surface area contributed by atoms with Crippen LogP contribution in [0.15, 0.2) is 61.2 Å².